The van der Waals surface area contributed by atoms with E-state index in [-0.39, 0.29) is 40.8 Å². The van der Waals surface area contributed by atoms with Gasteiger partial charge in [0.05, 0.1) is 11.9 Å². The van der Waals surface area contributed by atoms with E-state index in [4.69, 9.17) is 11.5 Å². The van der Waals surface area contributed by atoms with Crippen LogP contribution in [0.2, 0.25) is 0 Å². The number of phenols is 1. The maximum Gasteiger partial charge on any atom is 0.320 e. The summed E-state index contributed by atoms with van der Waals surface area (Å²) in [4.78, 5) is 19.2. The second kappa shape index (κ2) is 12.9. The number of carbonyl (C=O) groups excluding carboxylic acids is 1. The van der Waals surface area contributed by atoms with Gasteiger partial charge in [-0.1, -0.05) is 15.3 Å². The number of halogens is 2. The number of allylic oxidation sites excluding steroid dienone is 2. The first-order chi connectivity index (χ1) is 18.9. The number of nitrogens with one attached hydrogen (secondary N) is 1. The van der Waals surface area contributed by atoms with Crippen LogP contribution in [0.15, 0.2) is 35.7 Å². The van der Waals surface area contributed by atoms with Crippen LogP contribution < -0.4 is 16.8 Å². The lowest BCUT2D eigenvalue weighted by atomic mass is 9.98. The monoisotopic (exact) mass is 580 g/mol. The quantitative estimate of drug-likeness (QED) is 0.258. The molecular formula is C28H43F2N6O3P. The van der Waals surface area contributed by atoms with Gasteiger partial charge in [-0.25, -0.2) is 4.79 Å². The Morgan fingerprint density at radius 1 is 1.07 bits per heavy atom. The van der Waals surface area contributed by atoms with Gasteiger partial charge in [0.1, 0.15) is 5.75 Å². The van der Waals surface area contributed by atoms with E-state index in [0.717, 1.165) is 57.9 Å². The third-order valence-corrected chi connectivity index (χ3v) is 8.61. The summed E-state index contributed by atoms with van der Waals surface area (Å²) in [5.41, 5.74) is 10.2. The maximum atomic E-state index is 13.5. The Balaban J connectivity index is 1.30. The number of aliphatic hydroxyl groups excluding tert-OH is 1. The highest BCUT2D eigenvalue weighted by atomic mass is 31.0. The number of aromatic hydroxyl groups is 1. The molecule has 3 fully saturated rings. The number of hydrogen-bond acceptors (Lipinski definition) is 7. The van der Waals surface area contributed by atoms with Gasteiger partial charge >= 0.3 is 6.03 Å². The second-order valence-corrected chi connectivity index (χ2v) is 12.0. The predicted molar refractivity (Wildman–Crippen MR) is 155 cm³/mol. The molecule has 222 valence electrons. The van der Waals surface area contributed by atoms with Crippen LogP contribution in [-0.2, 0) is 5.66 Å². The lowest BCUT2D eigenvalue weighted by Crippen LogP contribution is -2.55. The van der Waals surface area contributed by atoms with Crippen LogP contribution in [0.25, 0.3) is 5.70 Å². The van der Waals surface area contributed by atoms with Crippen LogP contribution in [0.4, 0.5) is 13.6 Å². The van der Waals surface area contributed by atoms with Gasteiger partial charge in [-0.15, -0.1) is 0 Å². The third kappa shape index (κ3) is 7.56. The molecule has 2 amide bonds. The van der Waals surface area contributed by atoms with Crippen LogP contribution in [0, 0.1) is 0 Å². The first-order valence-electron chi connectivity index (χ1n) is 14.1. The van der Waals surface area contributed by atoms with Gasteiger partial charge in [0.25, 0.3) is 5.66 Å². The van der Waals surface area contributed by atoms with Crippen molar-refractivity contribution in [3.05, 3.63) is 46.8 Å². The number of hydrogen-bond donors (Lipinski definition) is 5. The Morgan fingerprint density at radius 3 is 2.30 bits per heavy atom. The van der Waals surface area contributed by atoms with E-state index in [0.29, 0.717) is 43.4 Å². The molecule has 4 rings (SSSR count). The number of rotatable bonds is 6. The van der Waals surface area contributed by atoms with E-state index in [1.54, 1.807) is 13.0 Å². The summed E-state index contributed by atoms with van der Waals surface area (Å²) in [7, 11) is 1.45. The van der Waals surface area contributed by atoms with E-state index in [1.165, 1.54) is 21.4 Å². The number of benzene rings is 1. The number of amides is 2. The molecule has 2 atom stereocenters. The second-order valence-electron chi connectivity index (χ2n) is 11.2. The number of nitrogens with two attached hydrogens (primary N) is 2. The van der Waals surface area contributed by atoms with Crippen LogP contribution >= 0.6 is 9.24 Å². The van der Waals surface area contributed by atoms with Crippen molar-refractivity contribution in [3.8, 4) is 5.75 Å². The largest absolute Gasteiger partial charge is 0.507 e. The molecule has 3 aliphatic heterocycles. The minimum absolute atomic E-state index is 0.0933. The van der Waals surface area contributed by atoms with E-state index in [2.05, 4.69) is 10.2 Å². The highest BCUT2D eigenvalue weighted by Crippen LogP contribution is 2.38. The van der Waals surface area contributed by atoms with E-state index in [9.17, 15) is 23.8 Å². The van der Waals surface area contributed by atoms with Crippen molar-refractivity contribution in [1.82, 2.24) is 20.0 Å². The van der Waals surface area contributed by atoms with Crippen LogP contribution in [0.3, 0.4) is 0 Å². The van der Waals surface area contributed by atoms with Crippen molar-refractivity contribution >= 4 is 21.0 Å². The standard InChI is InChI=1S/C28H43F2N6O3P/c1-18(26(32)23-5-4-19(16-24(23)38)28(29,30)40)15-25(31)33-20-3-2-10-36(17-20)21-6-11-34(12-7-21)27(39)35-13-8-22(37)9-14-35/h4-5,15-16,20-22,33,37-38H,2-3,6-14,17,31-32,40H2,1H3/b25-15+,26-18-. The zero-order valence-electron chi connectivity index (χ0n) is 23.2. The lowest BCUT2D eigenvalue weighted by molar-refractivity contribution is 0.0622. The Morgan fingerprint density at radius 2 is 1.70 bits per heavy atom. The number of alkyl halides is 2. The Labute approximate surface area is 237 Å². The Bertz CT molecular complexity index is 1110. The molecule has 3 heterocycles. The molecule has 1 aromatic rings. The summed E-state index contributed by atoms with van der Waals surface area (Å²) in [6.45, 7) is 6.35. The number of piperidine rings is 3. The first-order valence-corrected chi connectivity index (χ1v) is 14.7. The summed E-state index contributed by atoms with van der Waals surface area (Å²) >= 11 is 0. The number of urea groups is 1. The Hall–Kier alpha value is -2.62. The van der Waals surface area contributed by atoms with Crippen molar-refractivity contribution in [3.63, 3.8) is 0 Å². The van der Waals surface area contributed by atoms with Gasteiger partial charge in [-0.3, -0.25) is 4.90 Å². The zero-order chi connectivity index (χ0) is 29.0. The third-order valence-electron chi connectivity index (χ3n) is 8.28. The number of likely N-dealkylation sites (tertiary alicyclic amines) is 3. The summed E-state index contributed by atoms with van der Waals surface area (Å²) in [5.74, 6) is 0.133. The molecular weight excluding hydrogens is 537 g/mol. The molecule has 0 radical (unpaired) electrons. The molecule has 0 aliphatic carbocycles. The fourth-order valence-electron chi connectivity index (χ4n) is 5.90. The molecule has 0 aromatic heterocycles. The van der Waals surface area contributed by atoms with Gasteiger partial charge < -0.3 is 36.8 Å². The lowest BCUT2D eigenvalue weighted by Gasteiger charge is -2.43. The molecule has 0 bridgehead atoms. The number of nitrogens with zero attached hydrogens (tertiary/aromatic N) is 3. The molecule has 2 unspecified atom stereocenters. The van der Waals surface area contributed by atoms with Crippen molar-refractivity contribution < 1.29 is 23.8 Å². The molecule has 3 aliphatic rings. The molecule has 3 saturated heterocycles. The predicted octanol–water partition coefficient (Wildman–Crippen LogP) is 2.90. The summed E-state index contributed by atoms with van der Waals surface area (Å²) in [5, 5.41) is 23.4. The smallest absolute Gasteiger partial charge is 0.320 e. The average Bonchev–Trinajstić information content (AvgIpc) is 2.92. The SMILES string of the molecule is CC(/C=C(\N)NC1CCCN(C2CCN(C(=O)N3CCC(O)CC3)CC2)C1)=C(/N)c1ccc(C(F)(F)P)cc1O. The topological polar surface area (TPSA) is 131 Å². The van der Waals surface area contributed by atoms with Gasteiger partial charge in [0.2, 0.25) is 0 Å². The summed E-state index contributed by atoms with van der Waals surface area (Å²) in [6.07, 6.45) is 6.60. The fraction of sp³-hybridized carbons (Fsp3) is 0.607. The van der Waals surface area contributed by atoms with Gasteiger partial charge in [-0.2, -0.15) is 8.78 Å². The van der Waals surface area contributed by atoms with Gasteiger partial charge in [-0.05, 0) is 75.8 Å². The highest BCUT2D eigenvalue weighted by Gasteiger charge is 2.32. The van der Waals surface area contributed by atoms with E-state index in [1.807, 2.05) is 9.80 Å². The van der Waals surface area contributed by atoms with Crippen LogP contribution in [0.1, 0.15) is 56.6 Å². The van der Waals surface area contributed by atoms with Gasteiger partial charge in [0, 0.05) is 61.6 Å². The number of carbonyl (C=O) groups is 1. The molecule has 7 N–H and O–H groups in total. The molecule has 1 aromatic carbocycles. The normalized spacial score (nSPS) is 23.2. The summed E-state index contributed by atoms with van der Waals surface area (Å²) < 4.78 is 27.1. The summed E-state index contributed by atoms with van der Waals surface area (Å²) in [6, 6.07) is 4.31. The van der Waals surface area contributed by atoms with Crippen molar-refractivity contribution in [2.24, 2.45) is 11.5 Å². The zero-order valence-corrected chi connectivity index (χ0v) is 24.3. The van der Waals surface area contributed by atoms with E-state index < -0.39 is 5.66 Å². The first kappa shape index (κ1) is 30.3. The molecule has 0 saturated carbocycles. The van der Waals surface area contributed by atoms with Crippen molar-refractivity contribution in [1.29, 1.82) is 0 Å². The van der Waals surface area contributed by atoms with Crippen molar-refractivity contribution in [2.45, 2.75) is 69.3 Å². The molecule has 12 heteroatoms. The molecule has 0 spiro atoms. The molecule has 40 heavy (non-hydrogen) atoms. The van der Waals surface area contributed by atoms with Crippen molar-refractivity contribution in [2.75, 3.05) is 39.3 Å². The number of aliphatic hydroxyl groups is 1. The molecule has 9 nitrogen and oxygen atoms in total. The van der Waals surface area contributed by atoms with Crippen LogP contribution in [-0.4, -0.2) is 88.4 Å². The fourth-order valence-corrected chi connectivity index (χ4v) is 6.08. The number of phenolic OH excluding ortho intramolecular Hbond substituents is 1. The van der Waals surface area contributed by atoms with E-state index >= 15 is 0 Å². The minimum Gasteiger partial charge on any atom is -0.507 e. The highest BCUT2D eigenvalue weighted by molar-refractivity contribution is 7.17. The maximum absolute atomic E-state index is 13.5. The Kier molecular flexibility index (Phi) is 9.80. The minimum atomic E-state index is -3.14. The van der Waals surface area contributed by atoms with Gasteiger partial charge in [0.15, 0.2) is 0 Å². The van der Waals surface area contributed by atoms with Crippen LogP contribution in [0.5, 0.6) is 5.75 Å². The average molecular weight is 581 g/mol.